The van der Waals surface area contributed by atoms with E-state index in [9.17, 15) is 4.79 Å². The first kappa shape index (κ1) is 10.9. The summed E-state index contributed by atoms with van der Waals surface area (Å²) < 4.78 is 6.10. The lowest BCUT2D eigenvalue weighted by molar-refractivity contribution is -0.139. The number of rotatable bonds is 3. The Hall–Kier alpha value is -1.61. The Bertz CT molecular complexity index is 525. The highest BCUT2D eigenvalue weighted by Gasteiger charge is 1.98. The third kappa shape index (κ3) is 2.49. The minimum Gasteiger partial charge on any atom is -0.462 e. The number of carbonyl (C=O) groups excluding carboxylic acids is 1. The second kappa shape index (κ2) is 4.94. The maximum absolute atomic E-state index is 10.6. The summed E-state index contributed by atoms with van der Waals surface area (Å²) in [6, 6.07) is 8.25. The fourth-order valence-electron chi connectivity index (χ4n) is 1.47. The number of fused-ring (bicyclic) bond motifs is 1. The minimum atomic E-state index is -0.250. The topological polar surface area (TPSA) is 26.3 Å². The van der Waals surface area contributed by atoms with Gasteiger partial charge in [-0.3, -0.25) is 4.79 Å². The van der Waals surface area contributed by atoms with Gasteiger partial charge in [0, 0.05) is 11.6 Å². The van der Waals surface area contributed by atoms with Crippen LogP contribution >= 0.6 is 11.3 Å². The standard InChI is InChI=1S/C13H12O2S/c1-10(14)15-8-4-5-11-9-16-13-7-3-2-6-12(11)13/h2-7,9H,8H2,1H3/b5-4+. The van der Waals surface area contributed by atoms with E-state index >= 15 is 0 Å². The fraction of sp³-hybridized carbons (Fsp3) is 0.154. The third-order valence-electron chi connectivity index (χ3n) is 2.19. The first-order valence-corrected chi connectivity index (χ1v) is 5.91. The summed E-state index contributed by atoms with van der Waals surface area (Å²) in [6.07, 6.45) is 3.84. The first-order valence-electron chi connectivity index (χ1n) is 5.03. The molecule has 2 nitrogen and oxygen atoms in total. The van der Waals surface area contributed by atoms with Gasteiger partial charge < -0.3 is 4.74 Å². The molecule has 82 valence electrons. The van der Waals surface area contributed by atoms with E-state index in [0.717, 1.165) is 0 Å². The molecule has 0 amide bonds. The van der Waals surface area contributed by atoms with Gasteiger partial charge in [0.2, 0.25) is 0 Å². The van der Waals surface area contributed by atoms with Gasteiger partial charge in [0.15, 0.2) is 0 Å². The van der Waals surface area contributed by atoms with Gasteiger partial charge in [-0.2, -0.15) is 0 Å². The van der Waals surface area contributed by atoms with Crippen molar-refractivity contribution in [1.29, 1.82) is 0 Å². The molecule has 0 spiro atoms. The molecule has 0 unspecified atom stereocenters. The first-order chi connectivity index (χ1) is 7.77. The zero-order valence-electron chi connectivity index (χ0n) is 8.97. The summed E-state index contributed by atoms with van der Waals surface area (Å²) in [5.41, 5.74) is 1.17. The molecule has 2 aromatic rings. The summed E-state index contributed by atoms with van der Waals surface area (Å²) in [7, 11) is 0. The van der Waals surface area contributed by atoms with Gasteiger partial charge in [-0.15, -0.1) is 11.3 Å². The molecule has 1 aromatic carbocycles. The van der Waals surface area contributed by atoms with Gasteiger partial charge in [0.1, 0.15) is 6.61 Å². The third-order valence-corrected chi connectivity index (χ3v) is 3.17. The normalized spacial score (nSPS) is 11.1. The Morgan fingerprint density at radius 2 is 2.25 bits per heavy atom. The van der Waals surface area contributed by atoms with Crippen molar-refractivity contribution in [3.05, 3.63) is 41.3 Å². The lowest BCUT2D eigenvalue weighted by atomic mass is 10.2. The van der Waals surface area contributed by atoms with Crippen molar-refractivity contribution in [3.63, 3.8) is 0 Å². The van der Waals surface area contributed by atoms with Crippen molar-refractivity contribution < 1.29 is 9.53 Å². The zero-order chi connectivity index (χ0) is 11.4. The van der Waals surface area contributed by atoms with E-state index in [0.29, 0.717) is 6.61 Å². The molecule has 0 saturated heterocycles. The summed E-state index contributed by atoms with van der Waals surface area (Å²) in [6.45, 7) is 1.74. The summed E-state index contributed by atoms with van der Waals surface area (Å²) >= 11 is 1.72. The fourth-order valence-corrected chi connectivity index (χ4v) is 2.40. The molecule has 0 aliphatic heterocycles. The molecular weight excluding hydrogens is 220 g/mol. The van der Waals surface area contributed by atoms with Crippen molar-refractivity contribution in [2.45, 2.75) is 6.92 Å². The molecule has 0 aliphatic carbocycles. The molecule has 0 atom stereocenters. The molecule has 0 N–H and O–H groups in total. The average Bonchev–Trinajstić information content (AvgIpc) is 2.68. The van der Waals surface area contributed by atoms with Crippen molar-refractivity contribution in [2.75, 3.05) is 6.61 Å². The summed E-state index contributed by atoms with van der Waals surface area (Å²) in [5, 5.41) is 3.35. The molecule has 0 bridgehead atoms. The van der Waals surface area contributed by atoms with Gasteiger partial charge >= 0.3 is 5.97 Å². The zero-order valence-corrected chi connectivity index (χ0v) is 9.79. The van der Waals surface area contributed by atoms with E-state index < -0.39 is 0 Å². The van der Waals surface area contributed by atoms with E-state index in [1.54, 1.807) is 11.3 Å². The van der Waals surface area contributed by atoms with Gasteiger partial charge in [-0.1, -0.05) is 24.3 Å². The van der Waals surface area contributed by atoms with E-state index in [1.807, 2.05) is 24.3 Å². The number of hydrogen-bond donors (Lipinski definition) is 0. The summed E-state index contributed by atoms with van der Waals surface area (Å²) in [4.78, 5) is 10.6. The van der Waals surface area contributed by atoms with Crippen LogP contribution in [0.25, 0.3) is 16.2 Å². The van der Waals surface area contributed by atoms with Crippen LogP contribution in [-0.4, -0.2) is 12.6 Å². The van der Waals surface area contributed by atoms with E-state index in [2.05, 4.69) is 17.5 Å². The SMILES string of the molecule is CC(=O)OC/C=C/c1csc2ccccc12. The lowest BCUT2D eigenvalue weighted by Gasteiger charge is -1.94. The number of hydrogen-bond acceptors (Lipinski definition) is 3. The second-order valence-electron chi connectivity index (χ2n) is 3.39. The number of thiophene rings is 1. The smallest absolute Gasteiger partial charge is 0.302 e. The molecule has 0 saturated carbocycles. The molecule has 0 aliphatic rings. The average molecular weight is 232 g/mol. The molecule has 0 radical (unpaired) electrons. The Morgan fingerprint density at radius 3 is 3.06 bits per heavy atom. The van der Waals surface area contributed by atoms with Crippen molar-refractivity contribution in [2.24, 2.45) is 0 Å². The maximum atomic E-state index is 10.6. The minimum absolute atomic E-state index is 0.250. The Labute approximate surface area is 98.2 Å². The van der Waals surface area contributed by atoms with Crippen molar-refractivity contribution in [1.82, 2.24) is 0 Å². The number of ether oxygens (including phenoxy) is 1. The number of carbonyl (C=O) groups is 1. The molecular formula is C13H12O2S. The highest BCUT2D eigenvalue weighted by Crippen LogP contribution is 2.26. The second-order valence-corrected chi connectivity index (χ2v) is 4.30. The predicted octanol–water partition coefficient (Wildman–Crippen LogP) is 3.48. The van der Waals surface area contributed by atoms with Crippen LogP contribution in [0.4, 0.5) is 0 Å². The van der Waals surface area contributed by atoms with Gasteiger partial charge in [-0.05, 0) is 28.5 Å². The molecule has 1 heterocycles. The van der Waals surface area contributed by atoms with Gasteiger partial charge in [-0.25, -0.2) is 0 Å². The van der Waals surface area contributed by atoms with Gasteiger partial charge in [0.25, 0.3) is 0 Å². The highest BCUT2D eigenvalue weighted by molar-refractivity contribution is 7.17. The van der Waals surface area contributed by atoms with Crippen LogP contribution in [0.3, 0.4) is 0 Å². The van der Waals surface area contributed by atoms with E-state index in [1.165, 1.54) is 22.6 Å². The lowest BCUT2D eigenvalue weighted by Crippen LogP contribution is -1.97. The van der Waals surface area contributed by atoms with Gasteiger partial charge in [0.05, 0.1) is 0 Å². The maximum Gasteiger partial charge on any atom is 0.302 e. The van der Waals surface area contributed by atoms with Crippen LogP contribution in [-0.2, 0) is 9.53 Å². The van der Waals surface area contributed by atoms with Crippen molar-refractivity contribution >= 4 is 33.5 Å². The van der Waals surface area contributed by atoms with E-state index in [-0.39, 0.29) is 5.97 Å². The van der Waals surface area contributed by atoms with Crippen LogP contribution < -0.4 is 0 Å². The van der Waals surface area contributed by atoms with Crippen LogP contribution in [0.2, 0.25) is 0 Å². The molecule has 1 aromatic heterocycles. The van der Waals surface area contributed by atoms with Crippen LogP contribution in [0.15, 0.2) is 35.7 Å². The quantitative estimate of drug-likeness (QED) is 0.757. The van der Waals surface area contributed by atoms with Crippen molar-refractivity contribution in [3.8, 4) is 0 Å². The molecule has 2 rings (SSSR count). The molecule has 16 heavy (non-hydrogen) atoms. The number of benzene rings is 1. The Morgan fingerprint density at radius 1 is 1.44 bits per heavy atom. The van der Waals surface area contributed by atoms with Crippen LogP contribution in [0.5, 0.6) is 0 Å². The highest BCUT2D eigenvalue weighted by atomic mass is 32.1. The van der Waals surface area contributed by atoms with E-state index in [4.69, 9.17) is 4.74 Å². The Balaban J connectivity index is 2.12. The Kier molecular flexibility index (Phi) is 3.37. The predicted molar refractivity (Wildman–Crippen MR) is 67.5 cm³/mol. The monoisotopic (exact) mass is 232 g/mol. The number of esters is 1. The van der Waals surface area contributed by atoms with Crippen LogP contribution in [0, 0.1) is 0 Å². The largest absolute Gasteiger partial charge is 0.462 e. The molecule has 3 heteroatoms. The molecule has 0 fully saturated rings. The van der Waals surface area contributed by atoms with Crippen LogP contribution in [0.1, 0.15) is 12.5 Å². The summed E-state index contributed by atoms with van der Waals surface area (Å²) in [5.74, 6) is -0.250.